The van der Waals surface area contributed by atoms with E-state index in [0.29, 0.717) is 5.92 Å². The zero-order valence-corrected chi connectivity index (χ0v) is 12.8. The quantitative estimate of drug-likeness (QED) is 0.841. The number of hydrogen-bond donors (Lipinski definition) is 0. The van der Waals surface area contributed by atoms with Crippen molar-refractivity contribution in [3.8, 4) is 5.75 Å². The Kier molecular flexibility index (Phi) is 4.27. The molecule has 5 nitrogen and oxygen atoms in total. The van der Waals surface area contributed by atoms with Gasteiger partial charge < -0.3 is 14.2 Å². The second-order valence-electron chi connectivity index (χ2n) is 5.33. The first-order valence-corrected chi connectivity index (χ1v) is 6.79. The second-order valence-corrected chi connectivity index (χ2v) is 5.33. The van der Waals surface area contributed by atoms with Crippen LogP contribution in [-0.4, -0.2) is 28.9 Å². The number of hydrogen-bond acceptors (Lipinski definition) is 4. The van der Waals surface area contributed by atoms with E-state index < -0.39 is 0 Å². The summed E-state index contributed by atoms with van der Waals surface area (Å²) in [5.74, 6) is 3.23. The van der Waals surface area contributed by atoms with Gasteiger partial charge in [-0.2, -0.15) is 0 Å². The molecule has 1 aromatic carbocycles. The monoisotopic (exact) mass is 274 g/mol. The van der Waals surface area contributed by atoms with Crippen LogP contribution in [0.3, 0.4) is 0 Å². The molecule has 0 aliphatic rings. The van der Waals surface area contributed by atoms with Gasteiger partial charge >= 0.3 is 0 Å². The minimum Gasteiger partial charge on any atom is -0.497 e. The molecule has 1 aromatic heterocycles. The van der Waals surface area contributed by atoms with Crippen molar-refractivity contribution in [2.75, 3.05) is 19.1 Å². The molecule has 1 heterocycles. The van der Waals surface area contributed by atoms with Gasteiger partial charge in [-0.25, -0.2) is 0 Å². The molecule has 0 aliphatic heterocycles. The molecular formula is C15H22N4O. The third kappa shape index (κ3) is 2.92. The molecule has 0 radical (unpaired) electrons. The Labute approximate surface area is 120 Å². The van der Waals surface area contributed by atoms with Gasteiger partial charge in [0.25, 0.3) is 0 Å². The predicted octanol–water partition coefficient (Wildman–Crippen LogP) is 2.79. The van der Waals surface area contributed by atoms with Crippen LogP contribution >= 0.6 is 0 Å². The van der Waals surface area contributed by atoms with Crippen LogP contribution in [0.25, 0.3) is 0 Å². The van der Waals surface area contributed by atoms with Gasteiger partial charge in [0.05, 0.1) is 7.11 Å². The van der Waals surface area contributed by atoms with Crippen LogP contribution in [0.4, 0.5) is 11.6 Å². The summed E-state index contributed by atoms with van der Waals surface area (Å²) in [6.45, 7) is 4.36. The van der Waals surface area contributed by atoms with Crippen molar-refractivity contribution >= 4 is 11.6 Å². The molecule has 0 fully saturated rings. The van der Waals surface area contributed by atoms with E-state index in [4.69, 9.17) is 4.74 Å². The second kappa shape index (κ2) is 5.94. The van der Waals surface area contributed by atoms with Gasteiger partial charge in [-0.1, -0.05) is 19.9 Å². The lowest BCUT2D eigenvalue weighted by Gasteiger charge is -2.18. The molecule has 0 amide bonds. The van der Waals surface area contributed by atoms with Crippen molar-refractivity contribution in [2.45, 2.75) is 20.3 Å². The van der Waals surface area contributed by atoms with Crippen molar-refractivity contribution in [2.24, 2.45) is 13.0 Å². The molecule has 0 bridgehead atoms. The van der Waals surface area contributed by atoms with Crippen molar-refractivity contribution < 1.29 is 4.74 Å². The first-order chi connectivity index (χ1) is 9.52. The number of anilines is 2. The molecular weight excluding hydrogens is 252 g/mol. The van der Waals surface area contributed by atoms with Crippen LogP contribution in [0.1, 0.15) is 19.7 Å². The molecule has 0 spiro atoms. The van der Waals surface area contributed by atoms with Crippen LogP contribution < -0.4 is 9.64 Å². The average Bonchev–Trinajstić information content (AvgIpc) is 2.79. The molecule has 0 aliphatic carbocycles. The van der Waals surface area contributed by atoms with Crippen LogP contribution in [-0.2, 0) is 13.5 Å². The van der Waals surface area contributed by atoms with E-state index in [0.717, 1.165) is 29.6 Å². The largest absolute Gasteiger partial charge is 0.497 e. The van der Waals surface area contributed by atoms with Crippen molar-refractivity contribution in [1.82, 2.24) is 14.8 Å². The zero-order valence-electron chi connectivity index (χ0n) is 12.8. The summed E-state index contributed by atoms with van der Waals surface area (Å²) >= 11 is 0. The van der Waals surface area contributed by atoms with Crippen molar-refractivity contribution in [1.29, 1.82) is 0 Å². The van der Waals surface area contributed by atoms with E-state index in [1.54, 1.807) is 7.11 Å². The maximum absolute atomic E-state index is 5.26. The average molecular weight is 274 g/mol. The summed E-state index contributed by atoms with van der Waals surface area (Å²) in [4.78, 5) is 2.01. The highest BCUT2D eigenvalue weighted by atomic mass is 16.5. The fourth-order valence-electron chi connectivity index (χ4n) is 2.12. The maximum atomic E-state index is 5.26. The van der Waals surface area contributed by atoms with Gasteiger partial charge in [-0.3, -0.25) is 0 Å². The van der Waals surface area contributed by atoms with E-state index in [9.17, 15) is 0 Å². The van der Waals surface area contributed by atoms with Crippen LogP contribution in [0, 0.1) is 5.92 Å². The lowest BCUT2D eigenvalue weighted by molar-refractivity contribution is 0.415. The Bertz CT molecular complexity index is 577. The number of benzene rings is 1. The molecule has 0 N–H and O–H groups in total. The number of methoxy groups -OCH3 is 1. The van der Waals surface area contributed by atoms with Crippen LogP contribution in [0.2, 0.25) is 0 Å². The molecule has 0 atom stereocenters. The van der Waals surface area contributed by atoms with Crippen molar-refractivity contribution in [3.05, 3.63) is 30.1 Å². The van der Waals surface area contributed by atoms with Gasteiger partial charge in [0.15, 0.2) is 0 Å². The fourth-order valence-corrected chi connectivity index (χ4v) is 2.12. The molecule has 20 heavy (non-hydrogen) atoms. The highest BCUT2D eigenvalue weighted by molar-refractivity contribution is 5.58. The molecule has 0 saturated carbocycles. The minimum atomic E-state index is 0.563. The Morgan fingerprint density at radius 2 is 2.05 bits per heavy atom. The van der Waals surface area contributed by atoms with E-state index in [2.05, 4.69) is 24.0 Å². The van der Waals surface area contributed by atoms with E-state index >= 15 is 0 Å². The summed E-state index contributed by atoms with van der Waals surface area (Å²) in [6.07, 6.45) is 0.926. The highest BCUT2D eigenvalue weighted by Crippen LogP contribution is 2.25. The molecule has 0 unspecified atom stereocenters. The minimum absolute atomic E-state index is 0.563. The Morgan fingerprint density at radius 1 is 1.30 bits per heavy atom. The lowest BCUT2D eigenvalue weighted by Crippen LogP contribution is -2.15. The number of rotatable bonds is 5. The first kappa shape index (κ1) is 14.4. The van der Waals surface area contributed by atoms with E-state index in [1.165, 1.54) is 0 Å². The third-order valence-electron chi connectivity index (χ3n) is 3.27. The predicted molar refractivity (Wildman–Crippen MR) is 80.6 cm³/mol. The molecule has 5 heteroatoms. The van der Waals surface area contributed by atoms with Crippen LogP contribution in [0.5, 0.6) is 5.75 Å². The molecule has 2 rings (SSSR count). The SMILES string of the molecule is COc1cccc(N(C)c2nnc(CC(C)C)n2C)c1. The first-order valence-electron chi connectivity index (χ1n) is 6.79. The topological polar surface area (TPSA) is 43.2 Å². The Hall–Kier alpha value is -2.04. The number of ether oxygens (including phenoxy) is 1. The molecule has 2 aromatic rings. The lowest BCUT2D eigenvalue weighted by atomic mass is 10.1. The summed E-state index contributed by atoms with van der Waals surface area (Å²) in [7, 11) is 5.66. The summed E-state index contributed by atoms with van der Waals surface area (Å²) in [6, 6.07) is 7.91. The maximum Gasteiger partial charge on any atom is 0.231 e. The Balaban J connectivity index is 2.28. The number of nitrogens with zero attached hydrogens (tertiary/aromatic N) is 4. The number of aromatic nitrogens is 3. The van der Waals surface area contributed by atoms with Gasteiger partial charge in [-0.05, 0) is 18.1 Å². The van der Waals surface area contributed by atoms with Gasteiger partial charge in [0.2, 0.25) is 5.95 Å². The molecule has 0 saturated heterocycles. The molecule has 108 valence electrons. The zero-order chi connectivity index (χ0) is 14.7. The van der Waals surface area contributed by atoms with Gasteiger partial charge in [0, 0.05) is 32.3 Å². The smallest absolute Gasteiger partial charge is 0.231 e. The van der Waals surface area contributed by atoms with Gasteiger partial charge in [0.1, 0.15) is 11.6 Å². The summed E-state index contributed by atoms with van der Waals surface area (Å²) in [5.41, 5.74) is 1.02. The van der Waals surface area contributed by atoms with E-state index in [1.807, 2.05) is 47.8 Å². The normalized spacial score (nSPS) is 10.9. The summed E-state index contributed by atoms with van der Waals surface area (Å²) < 4.78 is 7.30. The van der Waals surface area contributed by atoms with E-state index in [-0.39, 0.29) is 0 Å². The Morgan fingerprint density at radius 3 is 2.70 bits per heavy atom. The third-order valence-corrected chi connectivity index (χ3v) is 3.27. The van der Waals surface area contributed by atoms with Crippen molar-refractivity contribution in [3.63, 3.8) is 0 Å². The summed E-state index contributed by atoms with van der Waals surface area (Å²) in [5, 5.41) is 8.58. The standard InChI is InChI=1S/C15H22N4O/c1-11(2)9-14-16-17-15(19(14)4)18(3)12-7-6-8-13(10-12)20-5/h6-8,10-11H,9H2,1-5H3. The van der Waals surface area contributed by atoms with Gasteiger partial charge in [-0.15, -0.1) is 10.2 Å². The fraction of sp³-hybridized carbons (Fsp3) is 0.467. The highest BCUT2D eigenvalue weighted by Gasteiger charge is 2.15. The van der Waals surface area contributed by atoms with Crippen LogP contribution in [0.15, 0.2) is 24.3 Å².